The maximum absolute atomic E-state index is 10.8. The Morgan fingerprint density at radius 3 is 2.64 bits per heavy atom. The van der Waals surface area contributed by atoms with Crippen LogP contribution in [0.3, 0.4) is 0 Å². The van der Waals surface area contributed by atoms with Crippen LogP contribution in [0.1, 0.15) is 5.56 Å². The second-order valence-electron chi connectivity index (χ2n) is 5.53. The second-order valence-corrected chi connectivity index (χ2v) is 6.37. The molecule has 1 aromatic heterocycles. The maximum atomic E-state index is 10.8. The van der Waals surface area contributed by atoms with Crippen LogP contribution >= 0.6 is 11.3 Å². The highest BCUT2D eigenvalue weighted by Crippen LogP contribution is 2.23. The molecule has 2 aromatic carbocycles. The van der Waals surface area contributed by atoms with Crippen LogP contribution in [0, 0.1) is 17.0 Å². The molecular formula is C18H17N3O3S. The number of nitro benzene ring substituents is 1. The molecule has 3 rings (SSSR count). The molecule has 0 aliphatic heterocycles. The van der Waals surface area contributed by atoms with E-state index in [1.54, 1.807) is 12.1 Å². The number of aliphatic hydroxyl groups is 1. The zero-order chi connectivity index (χ0) is 17.8. The Hall–Kier alpha value is -2.77. The van der Waals surface area contributed by atoms with Crippen LogP contribution in [0.4, 0.5) is 11.4 Å². The fraction of sp³-hybridized carbons (Fsp3) is 0.167. The Morgan fingerprint density at radius 2 is 2.00 bits per heavy atom. The molecule has 0 amide bonds. The van der Waals surface area contributed by atoms with E-state index in [0.29, 0.717) is 6.54 Å². The van der Waals surface area contributed by atoms with Crippen molar-refractivity contribution >= 4 is 22.7 Å². The molecule has 0 saturated carbocycles. The Morgan fingerprint density at radius 1 is 1.24 bits per heavy atom. The lowest BCUT2D eigenvalue weighted by atomic mass is 10.1. The molecule has 3 aromatic rings. The summed E-state index contributed by atoms with van der Waals surface area (Å²) in [7, 11) is 0. The van der Waals surface area contributed by atoms with Gasteiger partial charge < -0.3 is 9.67 Å². The largest absolute Gasteiger partial charge is 0.395 e. The fourth-order valence-electron chi connectivity index (χ4n) is 2.53. The molecular weight excluding hydrogens is 338 g/mol. The number of thiazole rings is 1. The van der Waals surface area contributed by atoms with Crippen LogP contribution in [0.2, 0.25) is 0 Å². The predicted molar refractivity (Wildman–Crippen MR) is 97.9 cm³/mol. The number of non-ortho nitro benzene ring substituents is 1. The number of aromatic nitrogens is 1. The van der Waals surface area contributed by atoms with Crippen molar-refractivity contribution in [2.24, 2.45) is 4.99 Å². The van der Waals surface area contributed by atoms with Gasteiger partial charge in [-0.15, -0.1) is 11.3 Å². The van der Waals surface area contributed by atoms with E-state index in [1.807, 2.05) is 41.1 Å². The minimum Gasteiger partial charge on any atom is -0.395 e. The zero-order valence-corrected chi connectivity index (χ0v) is 14.4. The Labute approximate surface area is 148 Å². The minimum atomic E-state index is -0.419. The Bertz CT molecular complexity index is 958. The lowest BCUT2D eigenvalue weighted by Crippen LogP contribution is -2.17. The Balaban J connectivity index is 2.06. The van der Waals surface area contributed by atoms with E-state index in [1.165, 1.54) is 23.5 Å². The summed E-state index contributed by atoms with van der Waals surface area (Å²) in [5, 5.41) is 22.2. The van der Waals surface area contributed by atoms with Gasteiger partial charge in [0.1, 0.15) is 0 Å². The summed E-state index contributed by atoms with van der Waals surface area (Å²) in [5.41, 5.74) is 3.75. The van der Waals surface area contributed by atoms with Gasteiger partial charge in [-0.1, -0.05) is 12.1 Å². The first-order chi connectivity index (χ1) is 12.1. The van der Waals surface area contributed by atoms with Gasteiger partial charge in [-0.25, -0.2) is 4.99 Å². The van der Waals surface area contributed by atoms with Crippen molar-refractivity contribution < 1.29 is 10.0 Å². The first-order valence-corrected chi connectivity index (χ1v) is 8.62. The van der Waals surface area contributed by atoms with Crippen LogP contribution in [-0.2, 0) is 6.54 Å². The van der Waals surface area contributed by atoms with Gasteiger partial charge in [0.25, 0.3) is 5.69 Å². The maximum Gasteiger partial charge on any atom is 0.269 e. The number of aryl methyl sites for hydroxylation is 1. The van der Waals surface area contributed by atoms with Crippen molar-refractivity contribution in [3.63, 3.8) is 0 Å². The van der Waals surface area contributed by atoms with Gasteiger partial charge in [-0.05, 0) is 42.3 Å². The third kappa shape index (κ3) is 3.84. The van der Waals surface area contributed by atoms with Crippen molar-refractivity contribution in [3.8, 4) is 11.3 Å². The lowest BCUT2D eigenvalue weighted by molar-refractivity contribution is -0.384. The summed E-state index contributed by atoms with van der Waals surface area (Å²) >= 11 is 1.47. The molecule has 1 heterocycles. The normalized spacial score (nSPS) is 11.7. The SMILES string of the molecule is Cc1cccc(N=c2scc(-c3ccc([N+](=O)[O-])cc3)n2CCO)c1. The van der Waals surface area contributed by atoms with Crippen LogP contribution in [0.5, 0.6) is 0 Å². The number of nitro groups is 1. The highest BCUT2D eigenvalue weighted by atomic mass is 32.1. The molecule has 0 fully saturated rings. The number of aliphatic hydroxyl groups excluding tert-OH is 1. The third-order valence-electron chi connectivity index (χ3n) is 3.72. The number of rotatable bonds is 5. The van der Waals surface area contributed by atoms with Crippen molar-refractivity contribution in [3.05, 3.63) is 74.4 Å². The van der Waals surface area contributed by atoms with Crippen LogP contribution < -0.4 is 4.80 Å². The molecule has 0 aliphatic carbocycles. The van der Waals surface area contributed by atoms with Crippen molar-refractivity contribution in [2.75, 3.05) is 6.61 Å². The Kier molecular flexibility index (Phi) is 5.06. The average Bonchev–Trinajstić information content (AvgIpc) is 2.98. The van der Waals surface area contributed by atoms with Gasteiger partial charge in [0.2, 0.25) is 0 Å². The molecule has 0 bridgehead atoms. The smallest absolute Gasteiger partial charge is 0.269 e. The summed E-state index contributed by atoms with van der Waals surface area (Å²) in [4.78, 5) is 15.8. The monoisotopic (exact) mass is 355 g/mol. The molecule has 0 aliphatic rings. The lowest BCUT2D eigenvalue weighted by Gasteiger charge is -2.07. The summed E-state index contributed by atoms with van der Waals surface area (Å²) in [6.07, 6.45) is 0. The van der Waals surface area contributed by atoms with Crippen molar-refractivity contribution in [1.29, 1.82) is 0 Å². The van der Waals surface area contributed by atoms with E-state index in [9.17, 15) is 15.2 Å². The molecule has 25 heavy (non-hydrogen) atoms. The summed E-state index contributed by atoms with van der Waals surface area (Å²) in [6, 6.07) is 14.3. The van der Waals surface area contributed by atoms with Gasteiger partial charge in [0, 0.05) is 24.1 Å². The minimum absolute atomic E-state index is 0.0162. The molecule has 0 spiro atoms. The summed E-state index contributed by atoms with van der Waals surface area (Å²) in [6.45, 7) is 2.40. The molecule has 128 valence electrons. The topological polar surface area (TPSA) is 80.7 Å². The zero-order valence-electron chi connectivity index (χ0n) is 13.6. The highest BCUT2D eigenvalue weighted by Gasteiger charge is 2.10. The summed E-state index contributed by atoms with van der Waals surface area (Å²) in [5.74, 6) is 0. The fourth-order valence-corrected chi connectivity index (χ4v) is 3.48. The molecule has 0 radical (unpaired) electrons. The van der Waals surface area contributed by atoms with Gasteiger partial charge in [0.15, 0.2) is 4.80 Å². The van der Waals surface area contributed by atoms with Crippen molar-refractivity contribution in [1.82, 2.24) is 4.57 Å². The van der Waals surface area contributed by atoms with Gasteiger partial charge in [0.05, 0.1) is 22.9 Å². The molecule has 6 nitrogen and oxygen atoms in total. The van der Waals surface area contributed by atoms with Gasteiger partial charge in [-0.2, -0.15) is 0 Å². The quantitative estimate of drug-likeness (QED) is 0.560. The number of benzene rings is 2. The summed E-state index contributed by atoms with van der Waals surface area (Å²) < 4.78 is 1.92. The number of nitrogens with zero attached hydrogens (tertiary/aromatic N) is 3. The molecule has 0 atom stereocenters. The van der Waals surface area contributed by atoms with Gasteiger partial charge >= 0.3 is 0 Å². The number of hydrogen-bond acceptors (Lipinski definition) is 5. The van der Waals surface area contributed by atoms with Crippen LogP contribution in [0.25, 0.3) is 11.3 Å². The van der Waals surface area contributed by atoms with E-state index >= 15 is 0 Å². The highest BCUT2D eigenvalue weighted by molar-refractivity contribution is 7.07. The molecule has 7 heteroatoms. The first-order valence-electron chi connectivity index (χ1n) is 7.74. The van der Waals surface area contributed by atoms with E-state index in [2.05, 4.69) is 4.99 Å². The van der Waals surface area contributed by atoms with E-state index in [4.69, 9.17) is 0 Å². The van der Waals surface area contributed by atoms with Crippen molar-refractivity contribution in [2.45, 2.75) is 13.5 Å². The average molecular weight is 355 g/mol. The van der Waals surface area contributed by atoms with Crippen LogP contribution in [-0.4, -0.2) is 21.2 Å². The van der Waals surface area contributed by atoms with E-state index < -0.39 is 4.92 Å². The standard InChI is InChI=1S/C18H17N3O3S/c1-13-3-2-4-15(11-13)19-18-20(9-10-22)17(12-25-18)14-5-7-16(8-6-14)21(23)24/h2-8,11-12,22H,9-10H2,1H3. The first kappa shape index (κ1) is 17.1. The van der Waals surface area contributed by atoms with Crippen LogP contribution in [0.15, 0.2) is 58.9 Å². The molecule has 0 saturated heterocycles. The predicted octanol–water partition coefficient (Wildman–Crippen LogP) is 3.66. The second kappa shape index (κ2) is 7.42. The number of hydrogen-bond donors (Lipinski definition) is 1. The van der Waals surface area contributed by atoms with E-state index in [0.717, 1.165) is 27.3 Å². The van der Waals surface area contributed by atoms with E-state index in [-0.39, 0.29) is 12.3 Å². The van der Waals surface area contributed by atoms with Gasteiger partial charge in [-0.3, -0.25) is 10.1 Å². The molecule has 1 N–H and O–H groups in total. The third-order valence-corrected chi connectivity index (χ3v) is 4.59. The molecule has 0 unspecified atom stereocenters.